The largest absolute Gasteiger partial charge is 0.482 e. The first kappa shape index (κ1) is 8.53. The van der Waals surface area contributed by atoms with Gasteiger partial charge in [-0.3, -0.25) is 0 Å². The highest BCUT2D eigenvalue weighted by Gasteiger charge is 2.49. The third kappa shape index (κ3) is 1.21. The molecule has 3 heterocycles. The number of nitrogens with zero attached hydrogens (tertiary/aromatic N) is 1. The Bertz CT molecular complexity index is 265. The van der Waals surface area contributed by atoms with Gasteiger partial charge in [-0.1, -0.05) is 5.16 Å². The molecule has 3 rings (SSSR count). The lowest BCUT2D eigenvalue weighted by Crippen LogP contribution is -2.48. The number of hydrogen-bond acceptors (Lipinski definition) is 4. The minimum absolute atomic E-state index is 0.0393. The summed E-state index contributed by atoms with van der Waals surface area (Å²) in [5.74, 6) is 0.756. The number of methoxy groups -OCH3 is 1. The van der Waals surface area contributed by atoms with Crippen LogP contribution >= 0.6 is 0 Å². The van der Waals surface area contributed by atoms with Crippen molar-refractivity contribution in [3.05, 3.63) is 0 Å². The quantitative estimate of drug-likeness (QED) is 0.629. The van der Waals surface area contributed by atoms with Gasteiger partial charge in [0.15, 0.2) is 0 Å². The maximum Gasteiger partial charge on any atom is 0.229 e. The van der Waals surface area contributed by atoms with E-state index in [-0.39, 0.29) is 5.60 Å². The molecule has 0 amide bonds. The van der Waals surface area contributed by atoms with Gasteiger partial charge < -0.3 is 14.9 Å². The summed E-state index contributed by atoms with van der Waals surface area (Å²) in [7, 11) is 1.66. The van der Waals surface area contributed by atoms with Crippen LogP contribution in [-0.4, -0.2) is 30.7 Å². The average molecular weight is 196 g/mol. The van der Waals surface area contributed by atoms with Gasteiger partial charge in [-0.05, 0) is 12.8 Å². The maximum atomic E-state index is 5.59. The van der Waals surface area contributed by atoms with Gasteiger partial charge in [0.1, 0.15) is 5.60 Å². The van der Waals surface area contributed by atoms with Gasteiger partial charge in [0.05, 0.1) is 13.5 Å². The summed E-state index contributed by atoms with van der Waals surface area (Å²) in [4.78, 5) is 5.59. The van der Waals surface area contributed by atoms with Crippen LogP contribution in [0.3, 0.4) is 0 Å². The molecule has 0 aromatic carbocycles. The van der Waals surface area contributed by atoms with Crippen molar-refractivity contribution in [2.75, 3.05) is 7.11 Å². The Morgan fingerprint density at radius 3 is 2.71 bits per heavy atom. The van der Waals surface area contributed by atoms with Gasteiger partial charge >= 0.3 is 0 Å². The standard InChI is InChI=1S/C10H16N2O2/c1-13-9-6-10(14-12-9)4-7-2-3-8(5-10)11-7/h7-8,11H,2-6H2,1H3/t7-,8+,10?. The molecule has 1 spiro atoms. The predicted molar refractivity (Wildman–Crippen MR) is 52.1 cm³/mol. The molecular formula is C10H16N2O2. The number of rotatable bonds is 0. The van der Waals surface area contributed by atoms with E-state index < -0.39 is 0 Å². The van der Waals surface area contributed by atoms with Crippen LogP contribution in [0.5, 0.6) is 0 Å². The predicted octanol–water partition coefficient (Wildman–Crippen LogP) is 1.02. The van der Waals surface area contributed by atoms with Gasteiger partial charge in [-0.2, -0.15) is 0 Å². The summed E-state index contributed by atoms with van der Waals surface area (Å²) < 4.78 is 5.13. The average Bonchev–Trinajstić information content (AvgIpc) is 2.72. The Morgan fingerprint density at radius 1 is 1.43 bits per heavy atom. The minimum Gasteiger partial charge on any atom is -0.482 e. The van der Waals surface area contributed by atoms with E-state index in [2.05, 4.69) is 10.5 Å². The second-order valence-electron chi connectivity index (χ2n) is 4.69. The van der Waals surface area contributed by atoms with Crippen LogP contribution in [0.15, 0.2) is 5.16 Å². The summed E-state index contributed by atoms with van der Waals surface area (Å²) in [5.41, 5.74) is -0.0393. The van der Waals surface area contributed by atoms with Crippen molar-refractivity contribution < 1.29 is 9.57 Å². The number of piperidine rings is 1. The molecule has 3 aliphatic rings. The Labute approximate surface area is 83.6 Å². The summed E-state index contributed by atoms with van der Waals surface area (Å²) in [6.45, 7) is 0. The first-order valence-corrected chi connectivity index (χ1v) is 5.35. The van der Waals surface area contributed by atoms with Crippen LogP contribution in [0.2, 0.25) is 0 Å². The Balaban J connectivity index is 1.74. The SMILES string of the molecule is COC1=NOC2(C1)C[C@H]1CC[C@@H](C2)N1. The first-order valence-electron chi connectivity index (χ1n) is 5.35. The zero-order chi connectivity index (χ0) is 9.60. The number of oxime groups is 1. The van der Waals surface area contributed by atoms with Crippen LogP contribution in [0.1, 0.15) is 32.1 Å². The smallest absolute Gasteiger partial charge is 0.229 e. The zero-order valence-electron chi connectivity index (χ0n) is 8.45. The van der Waals surface area contributed by atoms with E-state index >= 15 is 0 Å². The van der Waals surface area contributed by atoms with Gasteiger partial charge in [0.2, 0.25) is 5.90 Å². The topological polar surface area (TPSA) is 42.9 Å². The highest BCUT2D eigenvalue weighted by atomic mass is 16.7. The van der Waals surface area contributed by atoms with Gasteiger partial charge in [-0.25, -0.2) is 0 Å². The molecule has 4 heteroatoms. The number of fused-ring (bicyclic) bond motifs is 2. The van der Waals surface area contributed by atoms with E-state index in [1.165, 1.54) is 12.8 Å². The minimum atomic E-state index is -0.0393. The molecular weight excluding hydrogens is 180 g/mol. The normalized spacial score (nSPS) is 45.1. The molecule has 3 atom stereocenters. The van der Waals surface area contributed by atoms with Gasteiger partial charge in [0, 0.05) is 24.9 Å². The lowest BCUT2D eigenvalue weighted by Gasteiger charge is -2.35. The van der Waals surface area contributed by atoms with Gasteiger partial charge in [-0.15, -0.1) is 0 Å². The zero-order valence-corrected chi connectivity index (χ0v) is 8.45. The fourth-order valence-electron chi connectivity index (χ4n) is 3.02. The van der Waals surface area contributed by atoms with Crippen LogP contribution in [0, 0.1) is 0 Å². The molecule has 2 fully saturated rings. The van der Waals surface area contributed by atoms with Crippen molar-refractivity contribution >= 4 is 5.90 Å². The molecule has 0 aromatic heterocycles. The van der Waals surface area contributed by atoms with E-state index in [4.69, 9.17) is 9.57 Å². The lowest BCUT2D eigenvalue weighted by molar-refractivity contribution is -0.0524. The third-order valence-corrected chi connectivity index (χ3v) is 3.62. The lowest BCUT2D eigenvalue weighted by atomic mass is 9.85. The molecule has 1 N–H and O–H groups in total. The summed E-state index contributed by atoms with van der Waals surface area (Å²) in [5, 5.41) is 7.60. The van der Waals surface area contributed by atoms with E-state index in [0.29, 0.717) is 12.1 Å². The number of nitrogens with one attached hydrogen (secondary N) is 1. The fourth-order valence-corrected chi connectivity index (χ4v) is 3.02. The molecule has 0 radical (unpaired) electrons. The van der Waals surface area contributed by atoms with E-state index in [1.54, 1.807) is 7.11 Å². The Kier molecular flexibility index (Phi) is 1.74. The monoisotopic (exact) mass is 196 g/mol. The second-order valence-corrected chi connectivity index (χ2v) is 4.69. The highest BCUT2D eigenvalue weighted by molar-refractivity contribution is 5.77. The van der Waals surface area contributed by atoms with Crippen LogP contribution in [0.4, 0.5) is 0 Å². The highest BCUT2D eigenvalue weighted by Crippen LogP contribution is 2.41. The Hall–Kier alpha value is -0.770. The summed E-state index contributed by atoms with van der Waals surface area (Å²) in [6, 6.07) is 1.28. The van der Waals surface area contributed by atoms with Crippen LogP contribution in [-0.2, 0) is 9.57 Å². The van der Waals surface area contributed by atoms with E-state index in [0.717, 1.165) is 25.2 Å². The van der Waals surface area contributed by atoms with Gasteiger partial charge in [0.25, 0.3) is 0 Å². The fraction of sp³-hybridized carbons (Fsp3) is 0.900. The second kappa shape index (κ2) is 2.86. The Morgan fingerprint density at radius 2 is 2.14 bits per heavy atom. The van der Waals surface area contributed by atoms with Crippen molar-refractivity contribution in [2.45, 2.75) is 49.8 Å². The van der Waals surface area contributed by atoms with Crippen molar-refractivity contribution in [1.82, 2.24) is 5.32 Å². The van der Waals surface area contributed by atoms with E-state index in [1.807, 2.05) is 0 Å². The molecule has 2 saturated heterocycles. The molecule has 4 nitrogen and oxygen atoms in total. The van der Waals surface area contributed by atoms with Crippen molar-refractivity contribution in [3.63, 3.8) is 0 Å². The molecule has 0 aliphatic carbocycles. The number of ether oxygens (including phenoxy) is 1. The van der Waals surface area contributed by atoms with Crippen LogP contribution in [0.25, 0.3) is 0 Å². The van der Waals surface area contributed by atoms with Crippen molar-refractivity contribution in [2.24, 2.45) is 5.16 Å². The molecule has 78 valence electrons. The molecule has 2 bridgehead atoms. The third-order valence-electron chi connectivity index (χ3n) is 3.62. The molecule has 1 unspecified atom stereocenters. The molecule has 14 heavy (non-hydrogen) atoms. The first-order chi connectivity index (χ1) is 6.80. The molecule has 0 aromatic rings. The number of hydrogen-bond donors (Lipinski definition) is 1. The van der Waals surface area contributed by atoms with E-state index in [9.17, 15) is 0 Å². The van der Waals surface area contributed by atoms with Crippen molar-refractivity contribution in [1.29, 1.82) is 0 Å². The summed E-state index contributed by atoms with van der Waals surface area (Å²) >= 11 is 0. The van der Waals surface area contributed by atoms with Crippen molar-refractivity contribution in [3.8, 4) is 0 Å². The molecule has 3 aliphatic heterocycles. The molecule has 0 saturated carbocycles. The summed E-state index contributed by atoms with van der Waals surface area (Å²) in [6.07, 6.45) is 5.61. The maximum absolute atomic E-state index is 5.59. The van der Waals surface area contributed by atoms with Crippen LogP contribution < -0.4 is 5.32 Å².